The maximum absolute atomic E-state index is 3.68. The van der Waals surface area contributed by atoms with Gasteiger partial charge in [-0.3, -0.25) is 5.43 Å². The van der Waals surface area contributed by atoms with E-state index in [4.69, 9.17) is 0 Å². The molecule has 5 heteroatoms. The van der Waals surface area contributed by atoms with Gasteiger partial charge in [0.2, 0.25) is 0 Å². The first kappa shape index (κ1) is 8.35. The van der Waals surface area contributed by atoms with Crippen LogP contribution in [0, 0.1) is 0 Å². The topological polar surface area (TPSA) is 79.6 Å². The second-order valence-corrected chi connectivity index (χ2v) is 2.13. The highest BCUT2D eigenvalue weighted by atomic mass is 15.5. The van der Waals surface area contributed by atoms with Gasteiger partial charge in [-0.2, -0.15) is 0 Å². The smallest absolute Gasteiger partial charge is 0.0668 e. The van der Waals surface area contributed by atoms with Crippen molar-refractivity contribution in [1.29, 1.82) is 0 Å². The lowest BCUT2D eigenvalue weighted by molar-refractivity contribution is 1.02. The van der Waals surface area contributed by atoms with E-state index >= 15 is 0 Å². The number of rotatable bonds is 0. The van der Waals surface area contributed by atoms with Gasteiger partial charge in [-0.1, -0.05) is 18.2 Å². The van der Waals surface area contributed by atoms with Crippen molar-refractivity contribution in [2.45, 2.75) is 0 Å². The Kier molecular flexibility index (Phi) is 2.49. The molecule has 0 atom stereocenters. The van der Waals surface area contributed by atoms with Crippen molar-refractivity contribution in [3.63, 3.8) is 0 Å². The minimum absolute atomic E-state index is 0. The van der Waals surface area contributed by atoms with E-state index in [9.17, 15) is 0 Å². The number of hydrogen-bond donors (Lipinski definition) is 1. The Morgan fingerprint density at radius 2 is 2.00 bits per heavy atom. The molecule has 0 unspecified atom stereocenters. The quantitative estimate of drug-likeness (QED) is 0.610. The van der Waals surface area contributed by atoms with E-state index < -0.39 is 0 Å². The zero-order valence-electron chi connectivity index (χ0n) is 6.18. The van der Waals surface area contributed by atoms with E-state index in [1.165, 1.54) is 0 Å². The third kappa shape index (κ3) is 1.46. The third-order valence-corrected chi connectivity index (χ3v) is 1.42. The molecule has 1 aromatic carbocycles. The van der Waals surface area contributed by atoms with Gasteiger partial charge in [-0.25, -0.2) is 0 Å². The Balaban J connectivity index is 0.000000720. The molecule has 1 aromatic rings. The third-order valence-electron chi connectivity index (χ3n) is 1.42. The fourth-order valence-electron chi connectivity index (χ4n) is 0.901. The predicted molar refractivity (Wildman–Crippen MR) is 44.6 cm³/mol. The van der Waals surface area contributed by atoms with Crippen LogP contribution in [0.1, 0.15) is 5.56 Å². The van der Waals surface area contributed by atoms with Gasteiger partial charge in [0.15, 0.2) is 0 Å². The Morgan fingerprint density at radius 3 is 2.92 bits per heavy atom. The normalized spacial score (nSPS) is 12.3. The highest BCUT2D eigenvalue weighted by Gasteiger charge is 1.98. The van der Waals surface area contributed by atoms with Crippen molar-refractivity contribution in [1.82, 2.24) is 6.15 Å². The van der Waals surface area contributed by atoms with Gasteiger partial charge in [-0.05, 0) is 16.5 Å². The molecule has 0 aromatic heterocycles. The summed E-state index contributed by atoms with van der Waals surface area (Å²) in [5.41, 5.74) is 4.68. The standard InChI is InChI=1S/C7H6N4.N/c1-2-4-7-6(3-1)5-8-10-11-9-7;/h1-5H,(H,9,10);. The molecular formula is C7H6N5. The molecule has 5 nitrogen and oxygen atoms in total. The zero-order valence-corrected chi connectivity index (χ0v) is 6.18. The largest absolute Gasteiger partial charge is 0.258 e. The summed E-state index contributed by atoms with van der Waals surface area (Å²) in [6.07, 6.45) is 1.67. The van der Waals surface area contributed by atoms with Crippen molar-refractivity contribution < 1.29 is 0 Å². The fourth-order valence-corrected chi connectivity index (χ4v) is 0.901. The van der Waals surface area contributed by atoms with E-state index in [1.54, 1.807) is 6.21 Å². The summed E-state index contributed by atoms with van der Waals surface area (Å²) in [5.74, 6) is 0. The average molecular weight is 160 g/mol. The van der Waals surface area contributed by atoms with Crippen LogP contribution in [0.2, 0.25) is 0 Å². The molecule has 1 aliphatic rings. The second kappa shape index (κ2) is 3.59. The summed E-state index contributed by atoms with van der Waals surface area (Å²) >= 11 is 0. The van der Waals surface area contributed by atoms with Gasteiger partial charge in [-0.15, -0.1) is 5.10 Å². The van der Waals surface area contributed by atoms with Crippen LogP contribution in [0.4, 0.5) is 5.69 Å². The molecule has 0 spiro atoms. The molecule has 2 rings (SSSR count). The molecule has 0 saturated carbocycles. The van der Waals surface area contributed by atoms with Gasteiger partial charge in [0.05, 0.1) is 11.9 Å². The van der Waals surface area contributed by atoms with Crippen LogP contribution in [0.5, 0.6) is 0 Å². The van der Waals surface area contributed by atoms with Crippen molar-refractivity contribution >= 4 is 11.9 Å². The van der Waals surface area contributed by atoms with E-state index in [0.29, 0.717) is 0 Å². The highest BCUT2D eigenvalue weighted by Crippen LogP contribution is 2.14. The SMILES string of the molecule is C1=NN=NNc2ccccc21.[N]. The molecule has 0 amide bonds. The molecular weight excluding hydrogens is 154 g/mol. The molecule has 0 fully saturated rings. The first-order chi connectivity index (χ1) is 5.47. The van der Waals surface area contributed by atoms with Gasteiger partial charge in [0.25, 0.3) is 0 Å². The Labute approximate surface area is 69.8 Å². The van der Waals surface area contributed by atoms with Crippen LogP contribution in [-0.2, 0) is 0 Å². The lowest BCUT2D eigenvalue weighted by Gasteiger charge is -1.98. The number of hydrogen-bond acceptors (Lipinski definition) is 4. The predicted octanol–water partition coefficient (Wildman–Crippen LogP) is 1.33. The maximum Gasteiger partial charge on any atom is 0.0668 e. The molecule has 12 heavy (non-hydrogen) atoms. The first-order valence-electron chi connectivity index (χ1n) is 3.25. The van der Waals surface area contributed by atoms with Crippen molar-refractivity contribution in [3.05, 3.63) is 29.8 Å². The lowest BCUT2D eigenvalue weighted by Crippen LogP contribution is -1.89. The van der Waals surface area contributed by atoms with Crippen LogP contribution in [0.3, 0.4) is 0 Å². The monoisotopic (exact) mass is 160 g/mol. The molecule has 0 bridgehead atoms. The van der Waals surface area contributed by atoms with Gasteiger partial charge < -0.3 is 0 Å². The van der Waals surface area contributed by atoms with Crippen LogP contribution >= 0.6 is 0 Å². The summed E-state index contributed by atoms with van der Waals surface area (Å²) < 4.78 is 0. The minimum atomic E-state index is 0. The maximum atomic E-state index is 3.68. The van der Waals surface area contributed by atoms with E-state index in [1.807, 2.05) is 24.3 Å². The van der Waals surface area contributed by atoms with Crippen molar-refractivity contribution in [2.75, 3.05) is 5.43 Å². The summed E-state index contributed by atoms with van der Waals surface area (Å²) in [6, 6.07) is 7.74. The van der Waals surface area contributed by atoms with E-state index in [-0.39, 0.29) is 6.15 Å². The number of para-hydroxylation sites is 1. The van der Waals surface area contributed by atoms with Gasteiger partial charge in [0, 0.05) is 11.7 Å². The molecule has 1 N–H and O–H groups in total. The average Bonchev–Trinajstić information content (AvgIpc) is 2.28. The Bertz CT molecular complexity index is 317. The molecule has 0 saturated heterocycles. The fraction of sp³-hybridized carbons (Fsp3) is 0. The van der Waals surface area contributed by atoms with Crippen molar-refractivity contribution in [3.8, 4) is 0 Å². The summed E-state index contributed by atoms with van der Waals surface area (Å²) in [5, 5.41) is 10.7. The number of nitrogens with zero attached hydrogens (tertiary/aromatic N) is 4. The summed E-state index contributed by atoms with van der Waals surface area (Å²) in [6.45, 7) is 0. The molecule has 0 aliphatic carbocycles. The summed E-state index contributed by atoms with van der Waals surface area (Å²) in [7, 11) is 0. The van der Waals surface area contributed by atoms with Gasteiger partial charge >= 0.3 is 0 Å². The van der Waals surface area contributed by atoms with Crippen LogP contribution in [-0.4, -0.2) is 6.21 Å². The highest BCUT2D eigenvalue weighted by molar-refractivity contribution is 5.87. The zero-order chi connectivity index (χ0) is 7.52. The van der Waals surface area contributed by atoms with E-state index in [0.717, 1.165) is 11.3 Å². The van der Waals surface area contributed by atoms with Crippen LogP contribution in [0.25, 0.3) is 0 Å². The summed E-state index contributed by atoms with van der Waals surface area (Å²) in [4.78, 5) is 0. The minimum Gasteiger partial charge on any atom is -0.258 e. The lowest BCUT2D eigenvalue weighted by atomic mass is 10.2. The molecule has 3 radical (unpaired) electrons. The molecule has 1 aliphatic heterocycles. The number of anilines is 1. The number of nitrogens with one attached hydrogen (secondary N) is 1. The Morgan fingerprint density at radius 1 is 1.17 bits per heavy atom. The number of fused-ring (bicyclic) bond motifs is 1. The number of benzene rings is 1. The molecule has 59 valence electrons. The van der Waals surface area contributed by atoms with Gasteiger partial charge in [0.1, 0.15) is 0 Å². The van der Waals surface area contributed by atoms with Crippen LogP contribution in [0.15, 0.2) is 39.8 Å². The van der Waals surface area contributed by atoms with E-state index in [2.05, 4.69) is 21.0 Å². The molecule has 1 heterocycles. The van der Waals surface area contributed by atoms with Crippen molar-refractivity contribution in [2.24, 2.45) is 15.5 Å². The second-order valence-electron chi connectivity index (χ2n) is 2.13. The first-order valence-corrected chi connectivity index (χ1v) is 3.25. The Hall–Kier alpha value is -1.75. The van der Waals surface area contributed by atoms with Crippen LogP contribution < -0.4 is 11.6 Å².